The molecule has 2 heterocycles. The third kappa shape index (κ3) is 3.90. The van der Waals surface area contributed by atoms with Crippen LogP contribution in [0.2, 0.25) is 0 Å². The zero-order chi connectivity index (χ0) is 19.3. The van der Waals surface area contributed by atoms with Crippen molar-refractivity contribution in [3.05, 3.63) is 54.4 Å². The number of nitrogens with one attached hydrogen (secondary N) is 1. The van der Waals surface area contributed by atoms with Gasteiger partial charge in [-0.2, -0.15) is 0 Å². The largest absolute Gasteiger partial charge is 0.486 e. The Morgan fingerprint density at radius 3 is 2.61 bits per heavy atom. The van der Waals surface area contributed by atoms with E-state index in [1.54, 1.807) is 42.5 Å². The molecule has 1 amide bonds. The van der Waals surface area contributed by atoms with E-state index < -0.39 is 18.5 Å². The summed E-state index contributed by atoms with van der Waals surface area (Å²) in [5.41, 5.74) is 1.53. The van der Waals surface area contributed by atoms with Gasteiger partial charge in [-0.15, -0.1) is 5.10 Å². The van der Waals surface area contributed by atoms with Crippen LogP contribution in [0.4, 0.5) is 5.69 Å². The first-order valence-corrected chi connectivity index (χ1v) is 8.39. The zero-order valence-corrected chi connectivity index (χ0v) is 14.6. The van der Waals surface area contributed by atoms with Crippen molar-refractivity contribution in [2.24, 2.45) is 0 Å². The van der Waals surface area contributed by atoms with Gasteiger partial charge in [0.05, 0.1) is 11.3 Å². The molecule has 0 unspecified atom stereocenters. The first kappa shape index (κ1) is 17.5. The topological polar surface area (TPSA) is 117 Å². The minimum atomic E-state index is -0.611. The number of anilines is 1. The molecule has 0 saturated heterocycles. The number of benzene rings is 2. The van der Waals surface area contributed by atoms with Crippen LogP contribution in [-0.2, 0) is 9.53 Å². The van der Waals surface area contributed by atoms with Crippen molar-refractivity contribution < 1.29 is 23.8 Å². The normalized spacial score (nSPS) is 12.3. The van der Waals surface area contributed by atoms with E-state index >= 15 is 0 Å². The summed E-state index contributed by atoms with van der Waals surface area (Å²) < 4.78 is 17.4. The fourth-order valence-electron chi connectivity index (χ4n) is 2.56. The van der Waals surface area contributed by atoms with Crippen LogP contribution in [0.5, 0.6) is 11.5 Å². The summed E-state index contributed by atoms with van der Waals surface area (Å²) in [7, 11) is 0. The summed E-state index contributed by atoms with van der Waals surface area (Å²) in [6.45, 7) is 0.529. The molecule has 1 aliphatic rings. The van der Waals surface area contributed by atoms with Crippen molar-refractivity contribution in [3.63, 3.8) is 0 Å². The number of tetrazole rings is 1. The highest BCUT2D eigenvalue weighted by molar-refractivity contribution is 5.95. The van der Waals surface area contributed by atoms with Gasteiger partial charge in [-0.1, -0.05) is 0 Å². The Labute approximate surface area is 159 Å². The minimum absolute atomic E-state index is 0.309. The second-order valence-corrected chi connectivity index (χ2v) is 5.78. The number of rotatable bonds is 5. The third-order valence-corrected chi connectivity index (χ3v) is 3.88. The second kappa shape index (κ2) is 7.74. The molecule has 3 aromatic rings. The standard InChI is InChI=1S/C18H15N5O5/c24-17(20-13-3-6-15-16(9-13)27-8-7-26-15)10-28-18(25)12-1-4-14(5-2-12)23-11-19-21-22-23/h1-6,9,11H,7-8,10H2,(H,20,24). The number of amides is 1. The van der Waals surface area contributed by atoms with Gasteiger partial charge in [0.25, 0.3) is 5.91 Å². The monoisotopic (exact) mass is 381 g/mol. The van der Waals surface area contributed by atoms with Crippen molar-refractivity contribution >= 4 is 17.6 Å². The summed E-state index contributed by atoms with van der Waals surface area (Å²) in [6, 6.07) is 11.5. The molecule has 0 spiro atoms. The summed E-state index contributed by atoms with van der Waals surface area (Å²) in [6.07, 6.45) is 1.44. The molecule has 1 aliphatic heterocycles. The molecule has 10 nitrogen and oxygen atoms in total. The van der Waals surface area contributed by atoms with Gasteiger partial charge in [0, 0.05) is 11.8 Å². The molecule has 0 aliphatic carbocycles. The number of esters is 1. The van der Waals surface area contributed by atoms with Crippen molar-refractivity contribution in [2.45, 2.75) is 0 Å². The molecule has 28 heavy (non-hydrogen) atoms. The molecular weight excluding hydrogens is 366 g/mol. The molecule has 0 bridgehead atoms. The summed E-state index contributed by atoms with van der Waals surface area (Å²) in [4.78, 5) is 24.1. The highest BCUT2D eigenvalue weighted by atomic mass is 16.6. The van der Waals surface area contributed by atoms with Gasteiger partial charge < -0.3 is 19.5 Å². The van der Waals surface area contributed by atoms with E-state index in [9.17, 15) is 9.59 Å². The van der Waals surface area contributed by atoms with Crippen molar-refractivity contribution in [1.82, 2.24) is 20.2 Å². The smallest absolute Gasteiger partial charge is 0.338 e. The van der Waals surface area contributed by atoms with Crippen LogP contribution in [0.1, 0.15) is 10.4 Å². The van der Waals surface area contributed by atoms with Crippen molar-refractivity contribution in [1.29, 1.82) is 0 Å². The van der Waals surface area contributed by atoms with E-state index in [-0.39, 0.29) is 0 Å². The summed E-state index contributed by atoms with van der Waals surface area (Å²) >= 11 is 0. The Morgan fingerprint density at radius 1 is 1.07 bits per heavy atom. The lowest BCUT2D eigenvalue weighted by Gasteiger charge is -2.19. The fraction of sp³-hybridized carbons (Fsp3) is 0.167. The number of carbonyl (C=O) groups excluding carboxylic acids is 2. The van der Waals surface area contributed by atoms with E-state index in [4.69, 9.17) is 14.2 Å². The number of nitrogens with zero attached hydrogens (tertiary/aromatic N) is 4. The maximum absolute atomic E-state index is 12.1. The van der Waals surface area contributed by atoms with Crippen molar-refractivity contribution in [2.75, 3.05) is 25.1 Å². The first-order valence-electron chi connectivity index (χ1n) is 8.39. The van der Waals surface area contributed by atoms with Crippen LogP contribution >= 0.6 is 0 Å². The molecule has 0 radical (unpaired) electrons. The lowest BCUT2D eigenvalue weighted by Crippen LogP contribution is -2.21. The van der Waals surface area contributed by atoms with Crippen LogP contribution in [0.25, 0.3) is 5.69 Å². The maximum Gasteiger partial charge on any atom is 0.338 e. The number of hydrogen-bond donors (Lipinski definition) is 1. The minimum Gasteiger partial charge on any atom is -0.486 e. The molecule has 4 rings (SSSR count). The average Bonchev–Trinajstić information content (AvgIpc) is 3.27. The van der Waals surface area contributed by atoms with Crippen LogP contribution in [0.15, 0.2) is 48.8 Å². The van der Waals surface area contributed by atoms with Gasteiger partial charge in [-0.3, -0.25) is 4.79 Å². The molecule has 2 aromatic carbocycles. The Bertz CT molecular complexity index is 988. The molecule has 0 atom stereocenters. The Hall–Kier alpha value is -3.95. The summed E-state index contributed by atoms with van der Waals surface area (Å²) in [5.74, 6) is 0.112. The first-order chi connectivity index (χ1) is 13.7. The Kier molecular flexibility index (Phi) is 4.83. The predicted octanol–water partition coefficient (Wildman–Crippen LogP) is 1.23. The van der Waals surface area contributed by atoms with Crippen LogP contribution < -0.4 is 14.8 Å². The van der Waals surface area contributed by atoms with Gasteiger partial charge >= 0.3 is 5.97 Å². The molecular formula is C18H15N5O5. The van der Waals surface area contributed by atoms with Gasteiger partial charge in [0.1, 0.15) is 19.5 Å². The average molecular weight is 381 g/mol. The lowest BCUT2D eigenvalue weighted by molar-refractivity contribution is -0.119. The Balaban J connectivity index is 1.31. The molecule has 10 heteroatoms. The highest BCUT2D eigenvalue weighted by Crippen LogP contribution is 2.32. The number of fused-ring (bicyclic) bond motifs is 1. The van der Waals surface area contributed by atoms with E-state index in [0.717, 1.165) is 0 Å². The zero-order valence-electron chi connectivity index (χ0n) is 14.6. The third-order valence-electron chi connectivity index (χ3n) is 3.88. The molecule has 142 valence electrons. The number of carbonyl (C=O) groups is 2. The van der Waals surface area contributed by atoms with Gasteiger partial charge in [-0.25, -0.2) is 9.48 Å². The van der Waals surface area contributed by atoms with Gasteiger partial charge in [-0.05, 0) is 46.8 Å². The molecule has 1 N–H and O–H groups in total. The second-order valence-electron chi connectivity index (χ2n) is 5.78. The SMILES string of the molecule is O=C(COC(=O)c1ccc(-n2cnnn2)cc1)Nc1ccc2c(c1)OCCO2. The predicted molar refractivity (Wildman–Crippen MR) is 95.5 cm³/mol. The van der Waals surface area contributed by atoms with Crippen LogP contribution in [0.3, 0.4) is 0 Å². The van der Waals surface area contributed by atoms with E-state index in [1.807, 2.05) is 0 Å². The summed E-state index contributed by atoms with van der Waals surface area (Å²) in [5, 5.41) is 13.5. The maximum atomic E-state index is 12.1. The van der Waals surface area contributed by atoms with E-state index in [1.165, 1.54) is 11.0 Å². The quantitative estimate of drug-likeness (QED) is 0.656. The molecule has 1 aromatic heterocycles. The van der Waals surface area contributed by atoms with Crippen LogP contribution in [0, 0.1) is 0 Å². The Morgan fingerprint density at radius 2 is 1.86 bits per heavy atom. The molecule has 0 fully saturated rings. The van der Waals surface area contributed by atoms with E-state index in [2.05, 4.69) is 20.8 Å². The fourth-order valence-corrected chi connectivity index (χ4v) is 2.56. The van der Waals surface area contributed by atoms with Crippen molar-refractivity contribution in [3.8, 4) is 17.2 Å². The molecule has 0 saturated carbocycles. The lowest BCUT2D eigenvalue weighted by atomic mass is 10.2. The van der Waals surface area contributed by atoms with Crippen LogP contribution in [-0.4, -0.2) is 51.9 Å². The van der Waals surface area contributed by atoms with Gasteiger partial charge in [0.2, 0.25) is 0 Å². The number of hydrogen-bond acceptors (Lipinski definition) is 8. The van der Waals surface area contributed by atoms with E-state index in [0.29, 0.717) is 41.7 Å². The highest BCUT2D eigenvalue weighted by Gasteiger charge is 2.14. The number of aromatic nitrogens is 4. The number of ether oxygens (including phenoxy) is 3. The van der Waals surface area contributed by atoms with Gasteiger partial charge in [0.15, 0.2) is 18.1 Å².